The van der Waals surface area contributed by atoms with Crippen molar-refractivity contribution < 1.29 is 23.9 Å². The number of hydrogen-bond acceptors (Lipinski definition) is 5. The van der Waals surface area contributed by atoms with Gasteiger partial charge in [0.05, 0.1) is 5.92 Å². The van der Waals surface area contributed by atoms with Gasteiger partial charge in [0.25, 0.3) is 0 Å². The average Bonchev–Trinajstić information content (AvgIpc) is 3.36. The van der Waals surface area contributed by atoms with Crippen molar-refractivity contribution in [3.63, 3.8) is 0 Å². The minimum Gasteiger partial charge on any atom is -0.457 e. The highest BCUT2D eigenvalue weighted by Crippen LogP contribution is 2.29. The Bertz CT molecular complexity index is 768. The van der Waals surface area contributed by atoms with E-state index in [9.17, 15) is 19.2 Å². The minimum atomic E-state index is -0.493. The molecule has 1 aliphatic carbocycles. The molecule has 0 radical (unpaired) electrons. The van der Waals surface area contributed by atoms with Crippen molar-refractivity contribution in [3.8, 4) is 0 Å². The Morgan fingerprint density at radius 3 is 2.48 bits per heavy atom. The Morgan fingerprint density at radius 1 is 1.14 bits per heavy atom. The van der Waals surface area contributed by atoms with Crippen LogP contribution in [0.15, 0.2) is 24.3 Å². The van der Waals surface area contributed by atoms with E-state index < -0.39 is 11.9 Å². The molecule has 2 fully saturated rings. The molecule has 7 nitrogen and oxygen atoms in total. The maximum atomic E-state index is 12.3. The predicted octanol–water partition coefficient (Wildman–Crippen LogP) is 2.94. The number of carbonyl (C=O) groups is 4. The van der Waals surface area contributed by atoms with Gasteiger partial charge < -0.3 is 15.0 Å². The summed E-state index contributed by atoms with van der Waals surface area (Å²) in [4.78, 5) is 50.2. The zero-order chi connectivity index (χ0) is 20.8. The van der Waals surface area contributed by atoms with E-state index in [1.54, 1.807) is 24.3 Å². The van der Waals surface area contributed by atoms with Gasteiger partial charge in [0.2, 0.25) is 11.8 Å². The van der Waals surface area contributed by atoms with E-state index >= 15 is 0 Å². The van der Waals surface area contributed by atoms with Crippen LogP contribution in [0.5, 0.6) is 0 Å². The number of benzene rings is 1. The highest BCUT2D eigenvalue weighted by molar-refractivity contribution is 5.99. The highest BCUT2D eigenvalue weighted by Gasteiger charge is 2.39. The van der Waals surface area contributed by atoms with Crippen molar-refractivity contribution in [1.82, 2.24) is 4.90 Å². The van der Waals surface area contributed by atoms with Crippen LogP contribution in [0, 0.1) is 5.92 Å². The largest absolute Gasteiger partial charge is 0.457 e. The van der Waals surface area contributed by atoms with Crippen molar-refractivity contribution >= 4 is 29.3 Å². The maximum Gasteiger partial charge on any atom is 0.311 e. The lowest BCUT2D eigenvalue weighted by Gasteiger charge is -2.23. The van der Waals surface area contributed by atoms with Gasteiger partial charge in [-0.1, -0.05) is 19.8 Å². The molecule has 2 aliphatic rings. The molecule has 1 atom stereocenters. The first-order valence-corrected chi connectivity index (χ1v) is 10.4. The molecule has 1 aliphatic heterocycles. The summed E-state index contributed by atoms with van der Waals surface area (Å²) in [6, 6.07) is 6.74. The van der Waals surface area contributed by atoms with Gasteiger partial charge in [-0.05, 0) is 43.5 Å². The summed E-state index contributed by atoms with van der Waals surface area (Å²) in [7, 11) is 0. The van der Waals surface area contributed by atoms with E-state index in [1.165, 1.54) is 0 Å². The molecular formula is C22H28N2O5. The number of nitrogens with one attached hydrogen (secondary N) is 1. The zero-order valence-electron chi connectivity index (χ0n) is 16.8. The zero-order valence-corrected chi connectivity index (χ0v) is 16.8. The first-order chi connectivity index (χ1) is 14.0. The number of nitrogens with zero attached hydrogens (tertiary/aromatic N) is 1. The maximum absolute atomic E-state index is 12.3. The Morgan fingerprint density at radius 2 is 1.83 bits per heavy atom. The van der Waals surface area contributed by atoms with E-state index in [-0.39, 0.29) is 36.7 Å². The molecule has 1 saturated heterocycles. The van der Waals surface area contributed by atoms with Crippen LogP contribution in [0.4, 0.5) is 5.69 Å². The topological polar surface area (TPSA) is 92.8 Å². The SMILES string of the molecule is CCCC(=O)Nc1ccc(C(=O)COC(=O)[C@@H]2CC(=O)N(C3CCCC3)C2)cc1. The van der Waals surface area contributed by atoms with Crippen LogP contribution in [0.2, 0.25) is 0 Å². The van der Waals surface area contributed by atoms with E-state index in [2.05, 4.69) is 5.32 Å². The fourth-order valence-electron chi connectivity index (χ4n) is 3.99. The minimum absolute atomic E-state index is 0.00545. The average molecular weight is 400 g/mol. The molecule has 156 valence electrons. The summed E-state index contributed by atoms with van der Waals surface area (Å²) < 4.78 is 5.19. The van der Waals surface area contributed by atoms with Crippen LogP contribution in [0.25, 0.3) is 0 Å². The fourth-order valence-corrected chi connectivity index (χ4v) is 3.99. The van der Waals surface area contributed by atoms with Crippen molar-refractivity contribution in [2.24, 2.45) is 5.92 Å². The summed E-state index contributed by atoms with van der Waals surface area (Å²) in [6.45, 7) is 1.97. The van der Waals surface area contributed by atoms with Gasteiger partial charge >= 0.3 is 5.97 Å². The standard InChI is InChI=1S/C22H28N2O5/c1-2-5-20(26)23-17-10-8-15(9-11-17)19(25)14-29-22(28)16-12-21(27)24(13-16)18-6-3-4-7-18/h8-11,16,18H,2-7,12-14H2,1H3,(H,23,26)/t16-/m1/s1. The number of esters is 1. The van der Waals surface area contributed by atoms with Crippen molar-refractivity contribution in [1.29, 1.82) is 0 Å². The molecule has 2 amide bonds. The molecule has 0 spiro atoms. The lowest BCUT2D eigenvalue weighted by atomic mass is 10.1. The molecule has 0 bridgehead atoms. The van der Waals surface area contributed by atoms with Crippen LogP contribution >= 0.6 is 0 Å². The number of likely N-dealkylation sites (tertiary alicyclic amines) is 1. The normalized spacial score (nSPS) is 19.4. The van der Waals surface area contributed by atoms with E-state index in [0.29, 0.717) is 24.2 Å². The van der Waals surface area contributed by atoms with Crippen LogP contribution < -0.4 is 5.32 Å². The van der Waals surface area contributed by atoms with E-state index in [4.69, 9.17) is 4.74 Å². The molecule has 1 saturated carbocycles. The molecule has 1 N–H and O–H groups in total. The summed E-state index contributed by atoms with van der Waals surface area (Å²) in [5.41, 5.74) is 1.02. The van der Waals surface area contributed by atoms with Gasteiger partial charge in [0, 0.05) is 36.7 Å². The number of rotatable bonds is 8. The first kappa shape index (κ1) is 21.0. The Balaban J connectivity index is 1.47. The van der Waals surface area contributed by atoms with Gasteiger partial charge in [0.1, 0.15) is 0 Å². The van der Waals surface area contributed by atoms with Gasteiger partial charge in [-0.25, -0.2) is 0 Å². The summed E-state index contributed by atoms with van der Waals surface area (Å²) in [5, 5.41) is 2.76. The van der Waals surface area contributed by atoms with Crippen molar-refractivity contribution in [3.05, 3.63) is 29.8 Å². The number of Topliss-reactive ketones (excluding diaryl/α,β-unsaturated/α-hetero) is 1. The van der Waals surface area contributed by atoms with Crippen LogP contribution in [0.1, 0.15) is 62.2 Å². The fraction of sp³-hybridized carbons (Fsp3) is 0.545. The Hall–Kier alpha value is -2.70. The van der Waals surface area contributed by atoms with E-state index in [1.807, 2.05) is 11.8 Å². The molecule has 3 rings (SSSR count). The molecule has 29 heavy (non-hydrogen) atoms. The highest BCUT2D eigenvalue weighted by atomic mass is 16.5. The lowest BCUT2D eigenvalue weighted by molar-refractivity contribution is -0.147. The summed E-state index contributed by atoms with van der Waals surface area (Å²) >= 11 is 0. The third kappa shape index (κ3) is 5.43. The first-order valence-electron chi connectivity index (χ1n) is 10.4. The third-order valence-electron chi connectivity index (χ3n) is 5.57. The molecule has 1 aromatic rings. The quantitative estimate of drug-likeness (QED) is 0.535. The summed E-state index contributed by atoms with van der Waals surface area (Å²) in [5.74, 6) is -1.37. The predicted molar refractivity (Wildman–Crippen MR) is 107 cm³/mol. The van der Waals surface area contributed by atoms with Gasteiger partial charge in [0.15, 0.2) is 12.4 Å². The number of carbonyl (C=O) groups excluding carboxylic acids is 4. The van der Waals surface area contributed by atoms with Crippen molar-refractivity contribution in [2.75, 3.05) is 18.5 Å². The summed E-state index contributed by atoms with van der Waals surface area (Å²) in [6.07, 6.45) is 5.62. The van der Waals surface area contributed by atoms with Crippen LogP contribution in [-0.2, 0) is 19.1 Å². The van der Waals surface area contributed by atoms with Crippen LogP contribution in [-0.4, -0.2) is 47.7 Å². The second-order valence-corrected chi connectivity index (χ2v) is 7.79. The molecule has 0 unspecified atom stereocenters. The second-order valence-electron chi connectivity index (χ2n) is 7.79. The van der Waals surface area contributed by atoms with Crippen LogP contribution in [0.3, 0.4) is 0 Å². The van der Waals surface area contributed by atoms with Gasteiger partial charge in [-0.15, -0.1) is 0 Å². The molecular weight excluding hydrogens is 372 g/mol. The Kier molecular flexibility index (Phi) is 7.01. The molecule has 0 aromatic heterocycles. The number of ketones is 1. The van der Waals surface area contributed by atoms with Gasteiger partial charge in [-0.2, -0.15) is 0 Å². The van der Waals surface area contributed by atoms with Gasteiger partial charge in [-0.3, -0.25) is 19.2 Å². The monoisotopic (exact) mass is 400 g/mol. The second kappa shape index (κ2) is 9.67. The number of ether oxygens (including phenoxy) is 1. The molecule has 7 heteroatoms. The smallest absolute Gasteiger partial charge is 0.311 e. The van der Waals surface area contributed by atoms with Crippen molar-refractivity contribution in [2.45, 2.75) is 57.9 Å². The third-order valence-corrected chi connectivity index (χ3v) is 5.57. The Labute approximate surface area is 170 Å². The molecule has 1 heterocycles. The molecule has 1 aromatic carbocycles. The number of amides is 2. The van der Waals surface area contributed by atoms with E-state index in [0.717, 1.165) is 32.1 Å². The number of hydrogen-bond donors (Lipinski definition) is 1. The lowest BCUT2D eigenvalue weighted by Crippen LogP contribution is -2.35. The number of anilines is 1.